The molecule has 0 N–H and O–H groups in total. The first-order chi connectivity index (χ1) is 11.7. The quantitative estimate of drug-likeness (QED) is 0.832. The topological polar surface area (TPSA) is 45.7 Å². The maximum Gasteiger partial charge on any atom is 0.255 e. The number of likely N-dealkylation sites (tertiary alicyclic amines) is 1. The van der Waals surface area contributed by atoms with Gasteiger partial charge in [0.05, 0.1) is 11.3 Å². The molecule has 0 atom stereocenters. The molecule has 130 valence electrons. The van der Waals surface area contributed by atoms with Crippen LogP contribution in [0.1, 0.15) is 48.7 Å². The van der Waals surface area contributed by atoms with E-state index in [-0.39, 0.29) is 12.0 Å². The molecule has 1 saturated carbocycles. The highest BCUT2D eigenvalue weighted by atomic mass is 16.5. The third kappa shape index (κ3) is 3.41. The number of rotatable bonds is 5. The second kappa shape index (κ2) is 6.71. The first-order valence-corrected chi connectivity index (χ1v) is 9.41. The zero-order chi connectivity index (χ0) is 16.5. The molecule has 2 fully saturated rings. The third-order valence-electron chi connectivity index (χ3n) is 5.50. The lowest BCUT2D eigenvalue weighted by atomic mass is 10.0. The monoisotopic (exact) mass is 329 g/mol. The average molecular weight is 329 g/mol. The van der Waals surface area contributed by atoms with E-state index in [1.165, 1.54) is 19.4 Å². The van der Waals surface area contributed by atoms with Crippen molar-refractivity contribution >= 4 is 5.91 Å². The van der Waals surface area contributed by atoms with Crippen molar-refractivity contribution in [3.63, 3.8) is 0 Å². The first-order valence-electron chi connectivity index (χ1n) is 9.41. The number of amides is 1. The van der Waals surface area contributed by atoms with Gasteiger partial charge in [0.2, 0.25) is 5.88 Å². The minimum atomic E-state index is 0.103. The van der Waals surface area contributed by atoms with Crippen molar-refractivity contribution in [1.29, 1.82) is 0 Å². The lowest BCUT2D eigenvalue weighted by Gasteiger charge is -2.32. The number of carbonyl (C=O) groups excluding carboxylic acids is 1. The number of likely N-dealkylation sites (N-methyl/N-ethyl adjacent to an activating group) is 1. The molecule has 0 unspecified atom stereocenters. The van der Waals surface area contributed by atoms with Crippen molar-refractivity contribution in [1.82, 2.24) is 14.8 Å². The molecule has 5 heteroatoms. The van der Waals surface area contributed by atoms with Crippen molar-refractivity contribution in [2.45, 2.75) is 45.1 Å². The number of nitrogens with zero attached hydrogens (tertiary/aromatic N) is 3. The molecule has 0 aromatic carbocycles. The van der Waals surface area contributed by atoms with Gasteiger partial charge in [-0.1, -0.05) is 0 Å². The third-order valence-corrected chi connectivity index (χ3v) is 5.50. The Morgan fingerprint density at radius 3 is 2.67 bits per heavy atom. The van der Waals surface area contributed by atoms with Crippen LogP contribution in [0, 0.1) is 5.92 Å². The molecule has 1 saturated heterocycles. The zero-order valence-corrected chi connectivity index (χ0v) is 14.5. The van der Waals surface area contributed by atoms with Crippen LogP contribution >= 0.6 is 0 Å². The standard InChI is InChI=1S/C19H27N3O2/c1-2-22-12-9-17-16(19(22)23)5-6-18(20-17)24-15-7-10-21(11-8-15)13-14-3-4-14/h5-6,14-15H,2-4,7-13H2,1H3. The lowest BCUT2D eigenvalue weighted by molar-refractivity contribution is 0.0744. The van der Waals surface area contributed by atoms with E-state index >= 15 is 0 Å². The van der Waals surface area contributed by atoms with Crippen LogP contribution in [0.5, 0.6) is 5.88 Å². The van der Waals surface area contributed by atoms with E-state index in [0.29, 0.717) is 5.88 Å². The van der Waals surface area contributed by atoms with Gasteiger partial charge in [-0.3, -0.25) is 4.79 Å². The largest absolute Gasteiger partial charge is 0.474 e. The number of fused-ring (bicyclic) bond motifs is 1. The van der Waals surface area contributed by atoms with Gasteiger partial charge in [0, 0.05) is 45.2 Å². The summed E-state index contributed by atoms with van der Waals surface area (Å²) in [6, 6.07) is 3.76. The second-order valence-electron chi connectivity index (χ2n) is 7.34. The Kier molecular flexibility index (Phi) is 4.44. The molecule has 1 aromatic rings. The maximum absolute atomic E-state index is 12.3. The predicted octanol–water partition coefficient (Wildman–Crippen LogP) is 2.35. The van der Waals surface area contributed by atoms with Crippen LogP contribution in [-0.2, 0) is 6.42 Å². The van der Waals surface area contributed by atoms with Gasteiger partial charge in [-0.25, -0.2) is 4.98 Å². The smallest absolute Gasteiger partial charge is 0.255 e. The van der Waals surface area contributed by atoms with Crippen molar-refractivity contribution < 1.29 is 9.53 Å². The maximum atomic E-state index is 12.3. The number of aromatic nitrogens is 1. The molecule has 0 spiro atoms. The number of hydrogen-bond acceptors (Lipinski definition) is 4. The molecule has 1 amide bonds. The molecular weight excluding hydrogens is 302 g/mol. The highest BCUT2D eigenvalue weighted by Gasteiger charge is 2.28. The number of hydrogen-bond donors (Lipinski definition) is 0. The van der Waals surface area contributed by atoms with Gasteiger partial charge in [-0.2, -0.15) is 0 Å². The molecule has 3 aliphatic rings. The lowest BCUT2D eigenvalue weighted by Crippen LogP contribution is -2.39. The first kappa shape index (κ1) is 15.9. The fourth-order valence-electron chi connectivity index (χ4n) is 3.79. The summed E-state index contributed by atoms with van der Waals surface area (Å²) in [6.07, 6.45) is 6.08. The summed E-state index contributed by atoms with van der Waals surface area (Å²) >= 11 is 0. The highest BCUT2D eigenvalue weighted by Crippen LogP contribution is 2.31. The van der Waals surface area contributed by atoms with E-state index in [4.69, 9.17) is 4.74 Å². The molecular formula is C19H27N3O2. The molecule has 1 aliphatic carbocycles. The normalized spacial score (nSPS) is 22.5. The van der Waals surface area contributed by atoms with Gasteiger partial charge in [0.1, 0.15) is 6.10 Å². The SMILES string of the molecule is CCN1CCc2nc(OC3CCN(CC4CC4)CC3)ccc2C1=O. The van der Waals surface area contributed by atoms with E-state index in [1.807, 2.05) is 24.0 Å². The summed E-state index contributed by atoms with van der Waals surface area (Å²) in [4.78, 5) is 21.4. The van der Waals surface area contributed by atoms with E-state index < -0.39 is 0 Å². The Morgan fingerprint density at radius 1 is 1.17 bits per heavy atom. The minimum Gasteiger partial charge on any atom is -0.474 e. The van der Waals surface area contributed by atoms with Crippen molar-refractivity contribution in [2.75, 3.05) is 32.7 Å². The van der Waals surface area contributed by atoms with Crippen molar-refractivity contribution in [3.8, 4) is 5.88 Å². The summed E-state index contributed by atoms with van der Waals surface area (Å²) in [5, 5.41) is 0. The average Bonchev–Trinajstić information content (AvgIpc) is 3.41. The summed E-state index contributed by atoms with van der Waals surface area (Å²) < 4.78 is 6.12. The Labute approximate surface area is 144 Å². The van der Waals surface area contributed by atoms with Gasteiger partial charge in [0.15, 0.2) is 0 Å². The van der Waals surface area contributed by atoms with E-state index in [1.54, 1.807) is 0 Å². The summed E-state index contributed by atoms with van der Waals surface area (Å²) in [6.45, 7) is 7.09. The summed E-state index contributed by atoms with van der Waals surface area (Å²) in [5.74, 6) is 1.75. The Morgan fingerprint density at radius 2 is 1.96 bits per heavy atom. The van der Waals surface area contributed by atoms with E-state index in [0.717, 1.165) is 62.6 Å². The van der Waals surface area contributed by atoms with Gasteiger partial charge in [-0.15, -0.1) is 0 Å². The van der Waals surface area contributed by atoms with Gasteiger partial charge in [-0.05, 0) is 44.6 Å². The minimum absolute atomic E-state index is 0.103. The second-order valence-corrected chi connectivity index (χ2v) is 7.34. The van der Waals surface area contributed by atoms with Crippen molar-refractivity contribution in [3.05, 3.63) is 23.4 Å². The number of ether oxygens (including phenoxy) is 1. The molecule has 0 radical (unpaired) electrons. The van der Waals surface area contributed by atoms with Crippen LogP contribution in [0.2, 0.25) is 0 Å². The van der Waals surface area contributed by atoms with Crippen LogP contribution in [0.25, 0.3) is 0 Å². The number of pyridine rings is 1. The van der Waals surface area contributed by atoms with E-state index in [9.17, 15) is 4.79 Å². The van der Waals surface area contributed by atoms with Crippen LogP contribution in [0.4, 0.5) is 0 Å². The Hall–Kier alpha value is -1.62. The molecule has 3 heterocycles. The summed E-state index contributed by atoms with van der Waals surface area (Å²) in [5.41, 5.74) is 1.64. The molecule has 1 aromatic heterocycles. The number of carbonyl (C=O) groups is 1. The van der Waals surface area contributed by atoms with Crippen LogP contribution in [0.15, 0.2) is 12.1 Å². The predicted molar refractivity (Wildman–Crippen MR) is 92.3 cm³/mol. The molecule has 2 aliphatic heterocycles. The zero-order valence-electron chi connectivity index (χ0n) is 14.5. The molecule has 0 bridgehead atoms. The van der Waals surface area contributed by atoms with Crippen molar-refractivity contribution in [2.24, 2.45) is 5.92 Å². The fourth-order valence-corrected chi connectivity index (χ4v) is 3.79. The molecule has 24 heavy (non-hydrogen) atoms. The van der Waals surface area contributed by atoms with Gasteiger partial charge in [0.25, 0.3) is 5.91 Å². The number of piperidine rings is 1. The Balaban J connectivity index is 1.35. The van der Waals surface area contributed by atoms with E-state index in [2.05, 4.69) is 9.88 Å². The fraction of sp³-hybridized carbons (Fsp3) is 0.684. The van der Waals surface area contributed by atoms with Gasteiger partial charge >= 0.3 is 0 Å². The molecule has 5 nitrogen and oxygen atoms in total. The van der Waals surface area contributed by atoms with Crippen LogP contribution in [0.3, 0.4) is 0 Å². The van der Waals surface area contributed by atoms with Crippen LogP contribution < -0.4 is 4.74 Å². The van der Waals surface area contributed by atoms with Gasteiger partial charge < -0.3 is 14.5 Å². The Bertz CT molecular complexity index is 607. The molecule has 4 rings (SSSR count). The highest BCUT2D eigenvalue weighted by molar-refractivity contribution is 5.96. The van der Waals surface area contributed by atoms with Crippen LogP contribution in [-0.4, -0.2) is 59.5 Å². The summed E-state index contributed by atoms with van der Waals surface area (Å²) in [7, 11) is 0.